The highest BCUT2D eigenvalue weighted by atomic mass is 16.5. The summed E-state index contributed by atoms with van der Waals surface area (Å²) in [7, 11) is 3.47. The minimum atomic E-state index is -0.315. The second-order valence-electron chi connectivity index (χ2n) is 9.11. The van der Waals surface area contributed by atoms with Crippen LogP contribution in [0.25, 0.3) is 0 Å². The summed E-state index contributed by atoms with van der Waals surface area (Å²) in [6.45, 7) is 9.55. The van der Waals surface area contributed by atoms with Gasteiger partial charge in [-0.15, -0.1) is 0 Å². The SMILES string of the molecule is CC=O.COC(=O)CCNC=O.Cc1ccc(CCN(C)C2([NH2+]O)CCC(C(C)C)CC2)cc1. The molecule has 1 aliphatic carbocycles. The van der Waals surface area contributed by atoms with E-state index in [9.17, 15) is 14.8 Å². The summed E-state index contributed by atoms with van der Waals surface area (Å²) in [5.41, 5.74) is 4.04. The number of esters is 1. The number of nitrogens with two attached hydrogens (primary N) is 1. The lowest BCUT2D eigenvalue weighted by Gasteiger charge is -2.42. The van der Waals surface area contributed by atoms with Crippen LogP contribution in [-0.4, -0.2) is 61.7 Å². The van der Waals surface area contributed by atoms with Gasteiger partial charge in [-0.1, -0.05) is 43.7 Å². The van der Waals surface area contributed by atoms with Gasteiger partial charge in [0.25, 0.3) is 0 Å². The number of nitrogens with one attached hydrogen (secondary N) is 1. The molecule has 1 aromatic carbocycles. The van der Waals surface area contributed by atoms with E-state index >= 15 is 0 Å². The molecule has 1 amide bonds. The molecule has 1 saturated carbocycles. The average Bonchev–Trinajstić information content (AvgIpc) is 2.84. The molecule has 34 heavy (non-hydrogen) atoms. The maximum Gasteiger partial charge on any atom is 0.307 e. The number of aldehydes is 1. The first-order valence-electron chi connectivity index (χ1n) is 12.1. The first kappa shape index (κ1) is 31.7. The van der Waals surface area contributed by atoms with Crippen LogP contribution in [0.1, 0.15) is 64.0 Å². The van der Waals surface area contributed by atoms with Crippen molar-refractivity contribution in [3.05, 3.63) is 35.4 Å². The number of likely N-dealkylation sites (N-methyl/N-ethyl adjacent to an activating group) is 1. The molecule has 0 aliphatic heterocycles. The van der Waals surface area contributed by atoms with Gasteiger partial charge >= 0.3 is 5.97 Å². The maximum absolute atomic E-state index is 10.3. The lowest BCUT2D eigenvalue weighted by Crippen LogP contribution is -2.98. The zero-order chi connectivity index (χ0) is 26.0. The third-order valence-electron chi connectivity index (χ3n) is 6.48. The highest BCUT2D eigenvalue weighted by Crippen LogP contribution is 2.35. The van der Waals surface area contributed by atoms with Gasteiger partial charge in [0.2, 0.25) is 6.41 Å². The van der Waals surface area contributed by atoms with Crippen molar-refractivity contribution in [1.29, 1.82) is 0 Å². The molecule has 1 aliphatic rings. The van der Waals surface area contributed by atoms with Crippen LogP contribution in [0.15, 0.2) is 24.3 Å². The molecule has 0 bridgehead atoms. The number of quaternary nitrogens is 1. The predicted octanol–water partition coefficient (Wildman–Crippen LogP) is 2.47. The number of nitrogens with zero attached hydrogens (tertiary/aromatic N) is 1. The van der Waals surface area contributed by atoms with Gasteiger partial charge in [0.05, 0.1) is 13.5 Å². The number of hydroxylamine groups is 1. The molecule has 1 fully saturated rings. The summed E-state index contributed by atoms with van der Waals surface area (Å²) in [4.78, 5) is 31.1. The van der Waals surface area contributed by atoms with Crippen LogP contribution >= 0.6 is 0 Å². The van der Waals surface area contributed by atoms with E-state index in [2.05, 4.69) is 67.0 Å². The van der Waals surface area contributed by atoms with Gasteiger partial charge in [0.1, 0.15) is 6.29 Å². The molecule has 2 rings (SSSR count). The molecular weight excluding hydrogens is 434 g/mol. The van der Waals surface area contributed by atoms with E-state index in [1.165, 1.54) is 43.5 Å². The first-order chi connectivity index (χ1) is 16.2. The number of methoxy groups -OCH3 is 1. The molecule has 8 nitrogen and oxygen atoms in total. The van der Waals surface area contributed by atoms with E-state index in [1.807, 2.05) is 0 Å². The molecular formula is C26H46N3O5+. The number of hydrogen-bond donors (Lipinski definition) is 3. The quantitative estimate of drug-likeness (QED) is 0.156. The van der Waals surface area contributed by atoms with Crippen LogP contribution in [0.5, 0.6) is 0 Å². The monoisotopic (exact) mass is 480 g/mol. The van der Waals surface area contributed by atoms with Crippen molar-refractivity contribution in [3.63, 3.8) is 0 Å². The van der Waals surface area contributed by atoms with Crippen molar-refractivity contribution in [3.8, 4) is 0 Å². The van der Waals surface area contributed by atoms with Gasteiger partial charge in [-0.2, -0.15) is 5.48 Å². The number of hydrogen-bond acceptors (Lipinski definition) is 6. The zero-order valence-electron chi connectivity index (χ0n) is 21.9. The topological polar surface area (TPSA) is 113 Å². The molecule has 0 unspecified atom stereocenters. The number of carbonyl (C=O) groups is 3. The summed E-state index contributed by atoms with van der Waals surface area (Å²) in [6.07, 6.45) is 7.18. The Morgan fingerprint density at radius 1 is 1.26 bits per heavy atom. The number of amides is 1. The minimum Gasteiger partial charge on any atom is -0.469 e. The van der Waals surface area contributed by atoms with Crippen molar-refractivity contribution in [1.82, 2.24) is 10.2 Å². The fourth-order valence-electron chi connectivity index (χ4n) is 4.03. The fourth-order valence-corrected chi connectivity index (χ4v) is 4.03. The smallest absolute Gasteiger partial charge is 0.307 e. The number of rotatable bonds is 10. The Bertz CT molecular complexity index is 686. The minimum absolute atomic E-state index is 0.115. The van der Waals surface area contributed by atoms with Crippen LogP contribution < -0.4 is 10.8 Å². The van der Waals surface area contributed by atoms with Crippen molar-refractivity contribution in [2.45, 2.75) is 71.9 Å². The lowest BCUT2D eigenvalue weighted by molar-refractivity contribution is -0.950. The Kier molecular flexibility index (Phi) is 16.9. The van der Waals surface area contributed by atoms with Crippen molar-refractivity contribution in [2.24, 2.45) is 11.8 Å². The summed E-state index contributed by atoms with van der Waals surface area (Å²) >= 11 is 0. The van der Waals surface area contributed by atoms with Crippen LogP contribution in [0, 0.1) is 18.8 Å². The van der Waals surface area contributed by atoms with E-state index in [4.69, 9.17) is 4.79 Å². The Morgan fingerprint density at radius 2 is 1.82 bits per heavy atom. The second-order valence-corrected chi connectivity index (χ2v) is 9.11. The summed E-state index contributed by atoms with van der Waals surface area (Å²) in [6, 6.07) is 8.79. The molecule has 0 spiro atoms. The molecule has 8 heteroatoms. The Hall–Kier alpha value is -2.29. The van der Waals surface area contributed by atoms with Crippen LogP contribution in [0.2, 0.25) is 0 Å². The van der Waals surface area contributed by atoms with Crippen molar-refractivity contribution >= 4 is 18.7 Å². The average molecular weight is 481 g/mol. The van der Waals surface area contributed by atoms with E-state index in [-0.39, 0.29) is 18.1 Å². The Balaban J connectivity index is 0.000000759. The molecule has 0 aromatic heterocycles. The molecule has 0 heterocycles. The van der Waals surface area contributed by atoms with E-state index in [0.29, 0.717) is 13.0 Å². The summed E-state index contributed by atoms with van der Waals surface area (Å²) < 4.78 is 4.30. The fraction of sp³-hybridized carbons (Fsp3) is 0.654. The number of benzene rings is 1. The van der Waals surface area contributed by atoms with Crippen LogP contribution in [-0.2, 0) is 25.5 Å². The van der Waals surface area contributed by atoms with Gasteiger partial charge in [-0.3, -0.25) is 14.5 Å². The molecule has 0 atom stereocenters. The third-order valence-corrected chi connectivity index (χ3v) is 6.48. The highest BCUT2D eigenvalue weighted by Gasteiger charge is 2.42. The second kappa shape index (κ2) is 18.1. The van der Waals surface area contributed by atoms with Gasteiger partial charge in [-0.05, 0) is 57.6 Å². The van der Waals surface area contributed by atoms with Crippen molar-refractivity contribution < 1.29 is 29.8 Å². The Morgan fingerprint density at radius 3 is 2.26 bits per heavy atom. The van der Waals surface area contributed by atoms with Crippen molar-refractivity contribution in [2.75, 3.05) is 27.2 Å². The molecule has 0 saturated heterocycles. The maximum atomic E-state index is 10.3. The van der Waals surface area contributed by atoms with E-state index in [1.54, 1.807) is 0 Å². The van der Waals surface area contributed by atoms with Gasteiger partial charge in [-0.25, -0.2) is 5.21 Å². The summed E-state index contributed by atoms with van der Waals surface area (Å²) in [5.74, 6) is 1.26. The molecule has 1 aromatic rings. The van der Waals surface area contributed by atoms with Gasteiger partial charge < -0.3 is 14.8 Å². The van der Waals surface area contributed by atoms with E-state index < -0.39 is 0 Å². The molecule has 0 radical (unpaired) electrons. The summed E-state index contributed by atoms with van der Waals surface area (Å²) in [5, 5.41) is 12.2. The van der Waals surface area contributed by atoms with Crippen LogP contribution in [0.4, 0.5) is 0 Å². The lowest BCUT2D eigenvalue weighted by atomic mass is 9.76. The number of aryl methyl sites for hydroxylation is 1. The Labute approximate surface area is 205 Å². The number of ether oxygens (including phenoxy) is 1. The zero-order valence-corrected chi connectivity index (χ0v) is 21.9. The molecule has 194 valence electrons. The predicted molar refractivity (Wildman–Crippen MR) is 133 cm³/mol. The standard InChI is InChI=1S/C19H32N2O.C5H9NO3.C2H4O/c1-15(2)18-9-12-19(20-22,13-10-18)21(4)14-11-17-7-5-16(3)6-8-17;1-9-5(8)2-3-6-4-7;1-2-3/h5-8,15,18,20,22H,9-14H2,1-4H3;4H,2-3H2,1H3,(H,6,7);2H,1H3/p+1. The van der Waals surface area contributed by atoms with E-state index in [0.717, 1.165) is 43.9 Å². The normalized spacial score (nSPS) is 19.3. The molecule has 4 N–H and O–H groups in total. The third kappa shape index (κ3) is 12.3. The highest BCUT2D eigenvalue weighted by molar-refractivity contribution is 5.69. The van der Waals surface area contributed by atoms with Gasteiger partial charge in [0.15, 0.2) is 5.66 Å². The number of carbonyl (C=O) groups excluding carboxylic acids is 3. The largest absolute Gasteiger partial charge is 0.469 e. The van der Waals surface area contributed by atoms with Gasteiger partial charge in [0, 0.05) is 25.9 Å². The first-order valence-corrected chi connectivity index (χ1v) is 12.1. The van der Waals surface area contributed by atoms with Crippen LogP contribution in [0.3, 0.4) is 0 Å².